The van der Waals surface area contributed by atoms with Crippen molar-refractivity contribution in [2.75, 3.05) is 18.4 Å². The zero-order valence-corrected chi connectivity index (χ0v) is 17.1. The molecule has 4 amide bonds. The molecule has 9 heteroatoms. The fourth-order valence-corrected chi connectivity index (χ4v) is 3.85. The summed E-state index contributed by atoms with van der Waals surface area (Å²) >= 11 is 0. The predicted octanol–water partition coefficient (Wildman–Crippen LogP) is 0.988. The normalized spacial score (nSPS) is 20.7. The van der Waals surface area contributed by atoms with Crippen molar-refractivity contribution in [1.29, 1.82) is 0 Å². The summed E-state index contributed by atoms with van der Waals surface area (Å²) in [5, 5.41) is 17.9. The molecular formula is C21H28N4O5. The highest BCUT2D eigenvalue weighted by Gasteiger charge is 2.45. The van der Waals surface area contributed by atoms with E-state index in [0.29, 0.717) is 29.9 Å². The molecule has 30 heavy (non-hydrogen) atoms. The average molecular weight is 416 g/mol. The molecule has 162 valence electrons. The molecular weight excluding hydrogens is 388 g/mol. The van der Waals surface area contributed by atoms with E-state index >= 15 is 0 Å². The number of fused-ring (bicyclic) bond motifs is 1. The monoisotopic (exact) mass is 416 g/mol. The Balaban J connectivity index is 1.57. The summed E-state index contributed by atoms with van der Waals surface area (Å²) < 4.78 is 0. The molecule has 0 aliphatic carbocycles. The third-order valence-corrected chi connectivity index (χ3v) is 5.38. The van der Waals surface area contributed by atoms with Gasteiger partial charge in [0.1, 0.15) is 12.3 Å². The fourth-order valence-electron chi connectivity index (χ4n) is 3.85. The summed E-state index contributed by atoms with van der Waals surface area (Å²) in [5.74, 6) is -1.50. The summed E-state index contributed by atoms with van der Waals surface area (Å²) in [7, 11) is 0. The molecule has 0 aromatic heterocycles. The lowest BCUT2D eigenvalue weighted by molar-refractivity contribution is -0.131. The molecule has 2 unspecified atom stereocenters. The van der Waals surface area contributed by atoms with Gasteiger partial charge in [-0.05, 0) is 37.8 Å². The smallest absolute Gasteiger partial charge is 0.264 e. The van der Waals surface area contributed by atoms with Crippen LogP contribution < -0.4 is 16.0 Å². The summed E-state index contributed by atoms with van der Waals surface area (Å²) in [5.41, 5.74) is 1.18. The van der Waals surface area contributed by atoms with Crippen LogP contribution in [0.15, 0.2) is 18.2 Å². The van der Waals surface area contributed by atoms with Gasteiger partial charge in [-0.2, -0.15) is 0 Å². The van der Waals surface area contributed by atoms with E-state index in [1.54, 1.807) is 18.2 Å². The molecule has 4 N–H and O–H groups in total. The van der Waals surface area contributed by atoms with Gasteiger partial charge in [-0.15, -0.1) is 0 Å². The number of benzene rings is 1. The zero-order chi connectivity index (χ0) is 21.7. The number of carbonyl (C=O) groups excluding carboxylic acids is 4. The number of unbranched alkanes of at least 4 members (excludes halogenated alkanes) is 3. The van der Waals surface area contributed by atoms with Crippen LogP contribution in [0.4, 0.5) is 5.69 Å². The number of aliphatic hydroxyl groups excluding tert-OH is 1. The minimum absolute atomic E-state index is 0.0234. The number of piperidine rings is 1. The number of nitrogens with one attached hydrogen (secondary N) is 3. The molecule has 2 heterocycles. The first kappa shape index (κ1) is 21.8. The van der Waals surface area contributed by atoms with Gasteiger partial charge in [0.15, 0.2) is 0 Å². The predicted molar refractivity (Wildman–Crippen MR) is 110 cm³/mol. The summed E-state index contributed by atoms with van der Waals surface area (Å²) in [6.45, 7) is 2.82. The molecule has 2 aliphatic rings. The van der Waals surface area contributed by atoms with Crippen molar-refractivity contribution in [1.82, 2.24) is 15.5 Å². The van der Waals surface area contributed by atoms with Crippen LogP contribution in [0, 0.1) is 0 Å². The second-order valence-corrected chi connectivity index (χ2v) is 7.65. The molecule has 3 rings (SSSR count). The zero-order valence-electron chi connectivity index (χ0n) is 17.1. The summed E-state index contributed by atoms with van der Waals surface area (Å²) in [4.78, 5) is 49.9. The topological polar surface area (TPSA) is 128 Å². The number of anilines is 1. The minimum atomic E-state index is -0.945. The number of aliphatic hydroxyl groups is 1. The highest BCUT2D eigenvalue weighted by Crippen LogP contribution is 2.32. The van der Waals surface area contributed by atoms with Gasteiger partial charge in [-0.1, -0.05) is 18.9 Å². The van der Waals surface area contributed by atoms with E-state index in [9.17, 15) is 24.3 Å². The molecule has 0 radical (unpaired) electrons. The molecule has 0 spiro atoms. The second kappa shape index (κ2) is 9.71. The summed E-state index contributed by atoms with van der Waals surface area (Å²) in [6.07, 6.45) is 3.35. The van der Waals surface area contributed by atoms with E-state index in [4.69, 9.17) is 0 Å². The SMILES string of the molecule is CC(=O)NCCCCCCNc1cccc2c1C(=O)N(C1CCC(O)NC1=O)C2=O. The van der Waals surface area contributed by atoms with Gasteiger partial charge in [-0.3, -0.25) is 24.1 Å². The third kappa shape index (κ3) is 4.79. The first-order valence-electron chi connectivity index (χ1n) is 10.4. The quantitative estimate of drug-likeness (QED) is 0.351. The number of imide groups is 1. The number of amides is 4. The Morgan fingerprint density at radius 1 is 1.10 bits per heavy atom. The molecule has 1 fully saturated rings. The van der Waals surface area contributed by atoms with Gasteiger partial charge in [0.2, 0.25) is 11.8 Å². The van der Waals surface area contributed by atoms with E-state index in [-0.39, 0.29) is 18.7 Å². The molecule has 1 aromatic carbocycles. The van der Waals surface area contributed by atoms with Crippen molar-refractivity contribution in [2.24, 2.45) is 0 Å². The Kier molecular flexibility index (Phi) is 7.04. The lowest BCUT2D eigenvalue weighted by Gasteiger charge is -2.31. The van der Waals surface area contributed by atoms with Crippen molar-refractivity contribution in [2.45, 2.75) is 57.7 Å². The second-order valence-electron chi connectivity index (χ2n) is 7.65. The van der Waals surface area contributed by atoms with Crippen molar-refractivity contribution in [3.8, 4) is 0 Å². The van der Waals surface area contributed by atoms with Crippen LogP contribution in [0.3, 0.4) is 0 Å². The highest BCUT2D eigenvalue weighted by molar-refractivity contribution is 6.25. The maximum atomic E-state index is 13.0. The molecule has 0 saturated carbocycles. The van der Waals surface area contributed by atoms with Gasteiger partial charge in [0.05, 0.1) is 11.1 Å². The first-order chi connectivity index (χ1) is 14.4. The van der Waals surface area contributed by atoms with Crippen LogP contribution >= 0.6 is 0 Å². The van der Waals surface area contributed by atoms with E-state index in [1.807, 2.05) is 0 Å². The van der Waals surface area contributed by atoms with Gasteiger partial charge in [0, 0.05) is 25.7 Å². The summed E-state index contributed by atoms with van der Waals surface area (Å²) in [6, 6.07) is 4.17. The molecule has 1 aromatic rings. The number of carbonyl (C=O) groups is 4. The van der Waals surface area contributed by atoms with E-state index < -0.39 is 30.0 Å². The maximum absolute atomic E-state index is 13.0. The van der Waals surface area contributed by atoms with E-state index in [0.717, 1.165) is 30.6 Å². The fraction of sp³-hybridized carbons (Fsp3) is 0.524. The lowest BCUT2D eigenvalue weighted by atomic mass is 10.0. The standard InChI is InChI=1S/C21H28N4O5/c1-13(26)22-11-4-2-3-5-12-23-15-8-6-7-14-18(15)21(30)25(20(14)29)16-9-10-17(27)24-19(16)28/h6-8,16-17,23,27H,2-5,9-12H2,1H3,(H,22,26)(H,24,28). The maximum Gasteiger partial charge on any atom is 0.264 e. The van der Waals surface area contributed by atoms with Gasteiger partial charge in [0.25, 0.3) is 11.8 Å². The van der Waals surface area contributed by atoms with Crippen LogP contribution in [-0.2, 0) is 9.59 Å². The Hall–Kier alpha value is -2.94. The van der Waals surface area contributed by atoms with Gasteiger partial charge in [-0.25, -0.2) is 0 Å². The van der Waals surface area contributed by atoms with Crippen LogP contribution in [0.25, 0.3) is 0 Å². The van der Waals surface area contributed by atoms with Gasteiger partial charge >= 0.3 is 0 Å². The van der Waals surface area contributed by atoms with Crippen LogP contribution in [0.5, 0.6) is 0 Å². The highest BCUT2D eigenvalue weighted by atomic mass is 16.3. The molecule has 0 bridgehead atoms. The minimum Gasteiger partial charge on any atom is -0.384 e. The molecule has 2 aliphatic heterocycles. The number of rotatable bonds is 9. The Morgan fingerprint density at radius 2 is 1.83 bits per heavy atom. The molecule has 2 atom stereocenters. The first-order valence-corrected chi connectivity index (χ1v) is 10.4. The average Bonchev–Trinajstić information content (AvgIpc) is 2.95. The van der Waals surface area contributed by atoms with Crippen molar-refractivity contribution >= 4 is 29.3 Å². The lowest BCUT2D eigenvalue weighted by Crippen LogP contribution is -2.55. The Morgan fingerprint density at radius 3 is 2.53 bits per heavy atom. The van der Waals surface area contributed by atoms with Crippen molar-refractivity contribution < 1.29 is 24.3 Å². The van der Waals surface area contributed by atoms with Crippen LogP contribution in [-0.4, -0.2) is 59.0 Å². The van der Waals surface area contributed by atoms with Gasteiger partial charge < -0.3 is 21.1 Å². The third-order valence-electron chi connectivity index (χ3n) is 5.38. The number of hydrogen-bond acceptors (Lipinski definition) is 6. The van der Waals surface area contributed by atoms with Crippen LogP contribution in [0.1, 0.15) is 66.2 Å². The number of nitrogens with zero attached hydrogens (tertiary/aromatic N) is 1. The molecule has 9 nitrogen and oxygen atoms in total. The van der Waals surface area contributed by atoms with Crippen LogP contribution in [0.2, 0.25) is 0 Å². The van der Waals surface area contributed by atoms with Crippen molar-refractivity contribution in [3.05, 3.63) is 29.3 Å². The molecule has 1 saturated heterocycles. The van der Waals surface area contributed by atoms with E-state index in [2.05, 4.69) is 16.0 Å². The largest absolute Gasteiger partial charge is 0.384 e. The van der Waals surface area contributed by atoms with Crippen molar-refractivity contribution in [3.63, 3.8) is 0 Å². The Bertz CT molecular complexity index is 841. The number of hydrogen-bond donors (Lipinski definition) is 4. The Labute approximate surface area is 175 Å². The van der Waals surface area contributed by atoms with E-state index in [1.165, 1.54) is 6.92 Å².